The van der Waals surface area contributed by atoms with Crippen molar-refractivity contribution in [2.75, 3.05) is 9.95 Å². The summed E-state index contributed by atoms with van der Waals surface area (Å²) in [5.74, 6) is -0.390. The zero-order valence-electron chi connectivity index (χ0n) is 14.2. The molecule has 0 aromatic heterocycles. The smallest absolute Gasteiger partial charge is 0.261 e. The molecule has 0 bridgehead atoms. The molecule has 0 atom stereocenters. The minimum atomic E-state index is -4.05. The second kappa shape index (κ2) is 7.99. The van der Waals surface area contributed by atoms with Gasteiger partial charge in [0.15, 0.2) is 5.78 Å². The normalized spacial score (nSPS) is 11.1. The number of nitrogens with one attached hydrogen (secondary N) is 1. The Morgan fingerprint density at radius 3 is 2.25 bits per heavy atom. The molecular weight excluding hydrogens is 404 g/mol. The van der Waals surface area contributed by atoms with Crippen LogP contribution in [0.4, 0.5) is 11.4 Å². The van der Waals surface area contributed by atoms with E-state index in [9.17, 15) is 18.4 Å². The van der Waals surface area contributed by atoms with Crippen LogP contribution in [0.3, 0.4) is 0 Å². The standard InChI is InChI=1S/C19H14ClN2O5S/c20-14-6-11-18(17(12-14)19(23)13-4-2-1-3-5-13)21-28(26,27)16-9-7-15(8-10-16)22(24)25/h1-12,21,24H/q-1. The zero-order chi connectivity index (χ0) is 20.3. The highest BCUT2D eigenvalue weighted by Crippen LogP contribution is 2.26. The van der Waals surface area contributed by atoms with E-state index >= 15 is 0 Å². The van der Waals surface area contributed by atoms with Crippen molar-refractivity contribution in [1.82, 2.24) is 0 Å². The van der Waals surface area contributed by atoms with Gasteiger partial charge in [-0.3, -0.25) is 14.7 Å². The van der Waals surface area contributed by atoms with Crippen LogP contribution in [0.15, 0.2) is 77.7 Å². The van der Waals surface area contributed by atoms with Crippen LogP contribution in [0, 0.1) is 5.21 Å². The van der Waals surface area contributed by atoms with Crippen LogP contribution < -0.4 is 9.95 Å². The molecule has 0 fully saturated rings. The molecule has 7 nitrogen and oxygen atoms in total. The fourth-order valence-electron chi connectivity index (χ4n) is 2.49. The number of hydrogen-bond donors (Lipinski definition) is 2. The fraction of sp³-hybridized carbons (Fsp3) is 0. The van der Waals surface area contributed by atoms with Crippen LogP contribution >= 0.6 is 11.6 Å². The Balaban J connectivity index is 1.97. The first-order chi connectivity index (χ1) is 13.3. The number of carbonyl (C=O) groups excluding carboxylic acids is 1. The molecule has 3 rings (SSSR count). The largest absolute Gasteiger partial charge is 0.733 e. The average molecular weight is 418 g/mol. The lowest BCUT2D eigenvalue weighted by Gasteiger charge is -2.21. The van der Waals surface area contributed by atoms with E-state index in [2.05, 4.69) is 4.72 Å². The van der Waals surface area contributed by atoms with Crippen LogP contribution in [-0.4, -0.2) is 19.4 Å². The van der Waals surface area contributed by atoms with Crippen molar-refractivity contribution in [3.05, 3.63) is 94.2 Å². The Kier molecular flexibility index (Phi) is 5.66. The van der Waals surface area contributed by atoms with Crippen molar-refractivity contribution in [1.29, 1.82) is 0 Å². The maximum absolute atomic E-state index is 12.8. The highest BCUT2D eigenvalue weighted by atomic mass is 35.5. The number of anilines is 2. The Labute approximate surface area is 166 Å². The summed E-state index contributed by atoms with van der Waals surface area (Å²) in [6, 6.07) is 17.3. The molecule has 0 amide bonds. The first-order valence-electron chi connectivity index (χ1n) is 7.96. The number of halogens is 1. The topological polar surface area (TPSA) is 110 Å². The molecule has 2 N–H and O–H groups in total. The molecule has 144 valence electrons. The fourth-order valence-corrected chi connectivity index (χ4v) is 3.75. The van der Waals surface area contributed by atoms with Gasteiger partial charge in [-0.2, -0.15) is 0 Å². The Morgan fingerprint density at radius 1 is 1.00 bits per heavy atom. The third-order valence-electron chi connectivity index (χ3n) is 3.87. The molecular formula is C19H14ClN2O5S-. The summed E-state index contributed by atoms with van der Waals surface area (Å²) in [5.41, 5.74) is 0.424. The predicted octanol–water partition coefficient (Wildman–Crippen LogP) is 4.07. The molecule has 9 heteroatoms. The van der Waals surface area contributed by atoms with Crippen LogP contribution in [0.2, 0.25) is 5.02 Å². The van der Waals surface area contributed by atoms with Gasteiger partial charge in [0.2, 0.25) is 0 Å². The lowest BCUT2D eigenvalue weighted by Crippen LogP contribution is -2.16. The summed E-state index contributed by atoms with van der Waals surface area (Å²) in [4.78, 5) is 12.7. The highest BCUT2D eigenvalue weighted by Gasteiger charge is 2.20. The summed E-state index contributed by atoms with van der Waals surface area (Å²) in [5, 5.41) is 19.6. The average Bonchev–Trinajstić information content (AvgIpc) is 2.69. The third-order valence-corrected chi connectivity index (χ3v) is 5.49. The van der Waals surface area contributed by atoms with Gasteiger partial charge in [0, 0.05) is 16.1 Å². The molecule has 0 unspecified atom stereocenters. The predicted molar refractivity (Wildman–Crippen MR) is 106 cm³/mol. The number of benzene rings is 3. The number of ketones is 1. The quantitative estimate of drug-likeness (QED) is 0.462. The van der Waals surface area contributed by atoms with Gasteiger partial charge in [-0.05, 0) is 42.5 Å². The molecule has 0 spiro atoms. The summed E-state index contributed by atoms with van der Waals surface area (Å²) in [6.45, 7) is 0. The second-order valence-electron chi connectivity index (χ2n) is 5.76. The maximum Gasteiger partial charge on any atom is 0.261 e. The summed E-state index contributed by atoms with van der Waals surface area (Å²) in [7, 11) is -4.05. The van der Waals surface area contributed by atoms with Gasteiger partial charge < -0.3 is 10.4 Å². The summed E-state index contributed by atoms with van der Waals surface area (Å²) in [6.07, 6.45) is 0. The van der Waals surface area contributed by atoms with Gasteiger partial charge in [0.05, 0.1) is 16.3 Å². The molecule has 0 saturated carbocycles. The van der Waals surface area contributed by atoms with Crippen molar-refractivity contribution in [2.24, 2.45) is 0 Å². The van der Waals surface area contributed by atoms with Crippen LogP contribution in [-0.2, 0) is 10.0 Å². The minimum absolute atomic E-state index is 0.0648. The number of carbonyl (C=O) groups is 1. The van der Waals surface area contributed by atoms with Crippen molar-refractivity contribution in [3.8, 4) is 0 Å². The lowest BCUT2D eigenvalue weighted by atomic mass is 10.0. The van der Waals surface area contributed by atoms with Gasteiger partial charge >= 0.3 is 0 Å². The Bertz CT molecular complexity index is 1100. The number of nitrogens with zero attached hydrogens (tertiary/aromatic N) is 1. The molecule has 0 radical (unpaired) electrons. The van der Waals surface area contributed by atoms with Crippen LogP contribution in [0.5, 0.6) is 0 Å². The van der Waals surface area contributed by atoms with E-state index in [0.717, 1.165) is 24.3 Å². The molecule has 0 heterocycles. The van der Waals surface area contributed by atoms with E-state index in [4.69, 9.17) is 16.8 Å². The van der Waals surface area contributed by atoms with E-state index in [1.54, 1.807) is 30.3 Å². The number of hydrogen-bond acceptors (Lipinski definition) is 6. The van der Waals surface area contributed by atoms with Crippen LogP contribution in [0.25, 0.3) is 0 Å². The Hall–Kier alpha value is -2.91. The first kappa shape index (κ1) is 19.8. The third kappa shape index (κ3) is 4.32. The molecule has 3 aromatic rings. The maximum atomic E-state index is 12.8. The Morgan fingerprint density at radius 2 is 1.64 bits per heavy atom. The number of sulfonamides is 1. The van der Waals surface area contributed by atoms with Gasteiger partial charge in [-0.15, -0.1) is 0 Å². The monoisotopic (exact) mass is 417 g/mol. The van der Waals surface area contributed by atoms with Crippen LogP contribution in [0.1, 0.15) is 15.9 Å². The van der Waals surface area contributed by atoms with Gasteiger partial charge in [-0.25, -0.2) is 8.42 Å². The molecule has 0 saturated heterocycles. The summed E-state index contributed by atoms with van der Waals surface area (Å²) >= 11 is 6.00. The molecule has 3 aromatic carbocycles. The first-order valence-corrected chi connectivity index (χ1v) is 9.82. The van der Waals surface area contributed by atoms with E-state index in [0.29, 0.717) is 5.56 Å². The van der Waals surface area contributed by atoms with E-state index in [-0.39, 0.29) is 32.1 Å². The van der Waals surface area contributed by atoms with E-state index < -0.39 is 15.8 Å². The van der Waals surface area contributed by atoms with Crippen molar-refractivity contribution in [3.63, 3.8) is 0 Å². The molecule has 0 aliphatic heterocycles. The van der Waals surface area contributed by atoms with Gasteiger partial charge in [0.25, 0.3) is 10.0 Å². The van der Waals surface area contributed by atoms with Gasteiger partial charge in [-0.1, -0.05) is 41.9 Å². The van der Waals surface area contributed by atoms with Crippen molar-refractivity contribution in [2.45, 2.75) is 4.90 Å². The molecule has 0 aliphatic carbocycles. The molecule has 28 heavy (non-hydrogen) atoms. The minimum Gasteiger partial charge on any atom is -0.733 e. The lowest BCUT2D eigenvalue weighted by molar-refractivity contribution is 0.103. The highest BCUT2D eigenvalue weighted by molar-refractivity contribution is 7.92. The van der Waals surface area contributed by atoms with Gasteiger partial charge in [0.1, 0.15) is 0 Å². The van der Waals surface area contributed by atoms with Crippen molar-refractivity contribution < 1.29 is 18.4 Å². The van der Waals surface area contributed by atoms with E-state index in [1.807, 2.05) is 0 Å². The van der Waals surface area contributed by atoms with E-state index in [1.165, 1.54) is 18.2 Å². The second-order valence-corrected chi connectivity index (χ2v) is 7.88. The molecule has 0 aliphatic rings. The summed E-state index contributed by atoms with van der Waals surface area (Å²) < 4.78 is 27.7. The SMILES string of the molecule is O=C(c1ccccc1)c1cc(Cl)ccc1NS(=O)(=O)c1ccc(N([O-])O)cc1. The number of rotatable bonds is 6. The zero-order valence-corrected chi connectivity index (χ0v) is 15.8. The van der Waals surface area contributed by atoms with Crippen molar-refractivity contribution >= 4 is 38.8 Å².